The summed E-state index contributed by atoms with van der Waals surface area (Å²) in [6.07, 6.45) is 7.41. The zero-order valence-corrected chi connectivity index (χ0v) is 18.1. The van der Waals surface area contributed by atoms with E-state index in [0.29, 0.717) is 6.54 Å². The van der Waals surface area contributed by atoms with E-state index in [1.54, 1.807) is 11.1 Å². The van der Waals surface area contributed by atoms with Gasteiger partial charge in [-0.2, -0.15) is 10.2 Å². The van der Waals surface area contributed by atoms with Crippen molar-refractivity contribution >= 4 is 11.6 Å². The van der Waals surface area contributed by atoms with Crippen LogP contribution < -0.4 is 4.90 Å². The average Bonchev–Trinajstić information content (AvgIpc) is 3.38. The molecule has 7 nitrogen and oxygen atoms in total. The minimum Gasteiger partial charge on any atom is -0.314 e. The van der Waals surface area contributed by atoms with Gasteiger partial charge in [0, 0.05) is 37.2 Å². The number of benzene rings is 1. The number of amides is 1. The molecule has 7 heteroatoms. The lowest BCUT2D eigenvalue weighted by atomic mass is 9.70. The van der Waals surface area contributed by atoms with Crippen molar-refractivity contribution in [2.45, 2.75) is 58.5 Å². The van der Waals surface area contributed by atoms with E-state index < -0.39 is 5.41 Å². The third-order valence-corrected chi connectivity index (χ3v) is 6.80. The van der Waals surface area contributed by atoms with Crippen molar-refractivity contribution in [3.05, 3.63) is 48.0 Å². The summed E-state index contributed by atoms with van der Waals surface area (Å²) in [5.74, 6) is 1.74. The SMILES string of the molecule is CN1C(=O)C(C)(C)c2cc(-c3nc(Cn4cccn4)nn3CC3(C)CCC3)ccc21. The highest BCUT2D eigenvalue weighted by Crippen LogP contribution is 2.44. The van der Waals surface area contributed by atoms with Crippen LogP contribution in [0.4, 0.5) is 5.69 Å². The Hall–Kier alpha value is -2.96. The maximum Gasteiger partial charge on any atom is 0.236 e. The lowest BCUT2D eigenvalue weighted by Crippen LogP contribution is -2.33. The van der Waals surface area contributed by atoms with Crippen LogP contribution in [0.5, 0.6) is 0 Å². The summed E-state index contributed by atoms with van der Waals surface area (Å²) in [6.45, 7) is 7.71. The van der Waals surface area contributed by atoms with Gasteiger partial charge in [-0.15, -0.1) is 0 Å². The number of hydrogen-bond donors (Lipinski definition) is 0. The smallest absolute Gasteiger partial charge is 0.236 e. The molecule has 2 aromatic heterocycles. The van der Waals surface area contributed by atoms with Gasteiger partial charge in [0.1, 0.15) is 6.54 Å². The van der Waals surface area contributed by atoms with Crippen molar-refractivity contribution in [1.29, 1.82) is 0 Å². The molecule has 1 saturated carbocycles. The van der Waals surface area contributed by atoms with Crippen LogP contribution in [0.2, 0.25) is 0 Å². The molecule has 0 unspecified atom stereocenters. The van der Waals surface area contributed by atoms with Gasteiger partial charge in [-0.05, 0) is 61.9 Å². The number of anilines is 1. The van der Waals surface area contributed by atoms with Gasteiger partial charge in [0.25, 0.3) is 0 Å². The van der Waals surface area contributed by atoms with Crippen molar-refractivity contribution in [2.24, 2.45) is 5.41 Å². The second-order valence-electron chi connectivity index (χ2n) is 9.60. The van der Waals surface area contributed by atoms with E-state index in [-0.39, 0.29) is 11.3 Å². The van der Waals surface area contributed by atoms with Gasteiger partial charge in [0.15, 0.2) is 11.6 Å². The molecule has 0 bridgehead atoms. The van der Waals surface area contributed by atoms with Gasteiger partial charge in [0.05, 0.1) is 5.41 Å². The fraction of sp³-hybridized carbons (Fsp3) is 0.478. The Morgan fingerprint density at radius 3 is 2.63 bits per heavy atom. The highest BCUT2D eigenvalue weighted by molar-refractivity contribution is 6.07. The van der Waals surface area contributed by atoms with E-state index in [4.69, 9.17) is 10.1 Å². The first kappa shape index (κ1) is 19.0. The highest BCUT2D eigenvalue weighted by Gasteiger charge is 2.42. The first-order valence-electron chi connectivity index (χ1n) is 10.6. The minimum atomic E-state index is -0.539. The topological polar surface area (TPSA) is 68.8 Å². The molecule has 1 aromatic carbocycles. The largest absolute Gasteiger partial charge is 0.314 e. The number of carbonyl (C=O) groups excluding carboxylic acids is 1. The van der Waals surface area contributed by atoms with Gasteiger partial charge in [-0.25, -0.2) is 9.67 Å². The number of carbonyl (C=O) groups is 1. The van der Waals surface area contributed by atoms with Crippen LogP contribution in [0.25, 0.3) is 11.4 Å². The maximum atomic E-state index is 12.7. The Kier molecular flexibility index (Phi) is 4.14. The number of aromatic nitrogens is 5. The summed E-state index contributed by atoms with van der Waals surface area (Å²) in [4.78, 5) is 19.4. The number of fused-ring (bicyclic) bond motifs is 1. The molecule has 0 saturated heterocycles. The summed E-state index contributed by atoms with van der Waals surface area (Å²) < 4.78 is 3.90. The van der Waals surface area contributed by atoms with E-state index in [2.05, 4.69) is 28.8 Å². The molecule has 0 radical (unpaired) electrons. The predicted molar refractivity (Wildman–Crippen MR) is 115 cm³/mol. The van der Waals surface area contributed by atoms with Gasteiger partial charge >= 0.3 is 0 Å². The molecule has 156 valence electrons. The summed E-state index contributed by atoms with van der Waals surface area (Å²) in [7, 11) is 1.84. The van der Waals surface area contributed by atoms with E-state index >= 15 is 0 Å². The Bertz CT molecular complexity index is 1110. The molecular formula is C23H28N6O. The number of likely N-dealkylation sites (N-methyl/N-ethyl adjacent to an activating group) is 1. The number of rotatable bonds is 5. The van der Waals surface area contributed by atoms with Crippen LogP contribution in [-0.2, 0) is 23.3 Å². The molecule has 30 heavy (non-hydrogen) atoms. The molecule has 0 N–H and O–H groups in total. The number of hydrogen-bond acceptors (Lipinski definition) is 4. The summed E-state index contributed by atoms with van der Waals surface area (Å²) in [6, 6.07) is 8.13. The molecule has 1 amide bonds. The second kappa shape index (κ2) is 6.52. The molecule has 1 fully saturated rings. The highest BCUT2D eigenvalue weighted by atomic mass is 16.2. The van der Waals surface area contributed by atoms with Crippen molar-refractivity contribution in [3.8, 4) is 11.4 Å². The first-order chi connectivity index (χ1) is 14.3. The Labute approximate surface area is 176 Å². The lowest BCUT2D eigenvalue weighted by Gasteiger charge is -2.38. The van der Waals surface area contributed by atoms with Gasteiger partial charge in [-0.3, -0.25) is 9.48 Å². The number of nitrogens with zero attached hydrogens (tertiary/aromatic N) is 6. The summed E-state index contributed by atoms with van der Waals surface area (Å²) in [5, 5.41) is 9.15. The monoisotopic (exact) mass is 404 g/mol. The van der Waals surface area contributed by atoms with Crippen molar-refractivity contribution in [1.82, 2.24) is 24.5 Å². The molecular weight excluding hydrogens is 376 g/mol. The van der Waals surface area contributed by atoms with Crippen LogP contribution in [-0.4, -0.2) is 37.5 Å². The summed E-state index contributed by atoms with van der Waals surface area (Å²) in [5.41, 5.74) is 2.76. The van der Waals surface area contributed by atoms with Crippen LogP contribution in [0.1, 0.15) is 51.4 Å². The zero-order valence-electron chi connectivity index (χ0n) is 18.1. The van der Waals surface area contributed by atoms with E-state index in [1.165, 1.54) is 19.3 Å². The third-order valence-electron chi connectivity index (χ3n) is 6.80. The van der Waals surface area contributed by atoms with E-state index in [0.717, 1.165) is 35.0 Å². The fourth-order valence-corrected chi connectivity index (χ4v) is 4.73. The van der Waals surface area contributed by atoms with Crippen LogP contribution in [0, 0.1) is 5.41 Å². The Morgan fingerprint density at radius 2 is 1.97 bits per heavy atom. The Morgan fingerprint density at radius 1 is 1.17 bits per heavy atom. The molecule has 1 aliphatic carbocycles. The Balaban J connectivity index is 1.57. The van der Waals surface area contributed by atoms with Gasteiger partial charge in [0.2, 0.25) is 5.91 Å². The van der Waals surface area contributed by atoms with Crippen molar-refractivity contribution < 1.29 is 4.79 Å². The molecule has 1 aliphatic heterocycles. The molecule has 5 rings (SSSR count). The average molecular weight is 405 g/mol. The van der Waals surface area contributed by atoms with Crippen LogP contribution in [0.3, 0.4) is 0 Å². The van der Waals surface area contributed by atoms with Crippen LogP contribution >= 0.6 is 0 Å². The standard InChI is InChI=1S/C23H28N6O/c1-22(2)17-13-16(7-8-18(17)27(4)21(22)30)20-25-19(14-28-12-6-11-24-28)26-29(20)15-23(3)9-5-10-23/h6-8,11-13H,5,9-10,14-15H2,1-4H3. The minimum absolute atomic E-state index is 0.123. The second-order valence-corrected chi connectivity index (χ2v) is 9.60. The third kappa shape index (κ3) is 2.95. The van der Waals surface area contributed by atoms with Gasteiger partial charge < -0.3 is 4.90 Å². The first-order valence-corrected chi connectivity index (χ1v) is 10.6. The van der Waals surface area contributed by atoms with Crippen LogP contribution in [0.15, 0.2) is 36.7 Å². The van der Waals surface area contributed by atoms with E-state index in [1.807, 2.05) is 43.9 Å². The predicted octanol–water partition coefficient (Wildman–Crippen LogP) is 3.63. The molecule has 0 spiro atoms. The zero-order chi connectivity index (χ0) is 21.1. The summed E-state index contributed by atoms with van der Waals surface area (Å²) >= 11 is 0. The molecule has 3 heterocycles. The van der Waals surface area contributed by atoms with Crippen molar-refractivity contribution in [3.63, 3.8) is 0 Å². The van der Waals surface area contributed by atoms with E-state index in [9.17, 15) is 4.79 Å². The lowest BCUT2D eigenvalue weighted by molar-refractivity contribution is -0.121. The molecule has 0 atom stereocenters. The normalized spacial score (nSPS) is 19.1. The molecule has 2 aliphatic rings. The quantitative estimate of drug-likeness (QED) is 0.651. The molecule has 3 aromatic rings. The van der Waals surface area contributed by atoms with Gasteiger partial charge in [-0.1, -0.05) is 13.3 Å². The fourth-order valence-electron chi connectivity index (χ4n) is 4.73. The van der Waals surface area contributed by atoms with Crippen molar-refractivity contribution in [2.75, 3.05) is 11.9 Å². The maximum absolute atomic E-state index is 12.7.